The standard InChI is InChI=1S/C18H18BrNO4S/c1-11(21)24-16-9-12-10-20(8-7-15(12)25-16)17(18(22)23-2)13-5-3-4-6-14(13)19/h3-6,9,17H,7-8,10H2,1-2H3/t17-/m0/s1. The van der Waals surface area contributed by atoms with Gasteiger partial charge >= 0.3 is 11.9 Å². The molecular weight excluding hydrogens is 406 g/mol. The molecule has 0 fully saturated rings. The first-order valence-electron chi connectivity index (χ1n) is 7.86. The van der Waals surface area contributed by atoms with Gasteiger partial charge in [0.25, 0.3) is 0 Å². The van der Waals surface area contributed by atoms with Gasteiger partial charge in [0.15, 0.2) is 5.06 Å². The van der Waals surface area contributed by atoms with Gasteiger partial charge in [-0.05, 0) is 29.7 Å². The number of ether oxygens (including phenoxy) is 2. The number of methoxy groups -OCH3 is 1. The molecule has 1 atom stereocenters. The lowest BCUT2D eigenvalue weighted by Crippen LogP contribution is -2.38. The minimum Gasteiger partial charge on any atom is -0.468 e. The zero-order chi connectivity index (χ0) is 18.0. The van der Waals surface area contributed by atoms with E-state index in [2.05, 4.69) is 20.8 Å². The second-order valence-corrected chi connectivity index (χ2v) is 7.73. The molecule has 3 rings (SSSR count). The van der Waals surface area contributed by atoms with Crippen LogP contribution in [0.4, 0.5) is 0 Å². The summed E-state index contributed by atoms with van der Waals surface area (Å²) in [5.74, 6) is -0.609. The van der Waals surface area contributed by atoms with Gasteiger partial charge in [-0.25, -0.2) is 4.79 Å². The molecule has 0 saturated carbocycles. The molecule has 0 unspecified atom stereocenters. The van der Waals surface area contributed by atoms with Crippen LogP contribution in [-0.4, -0.2) is 30.5 Å². The maximum atomic E-state index is 12.5. The Hall–Kier alpha value is -1.70. The Bertz CT molecular complexity index is 804. The van der Waals surface area contributed by atoms with Gasteiger partial charge < -0.3 is 9.47 Å². The first-order valence-corrected chi connectivity index (χ1v) is 9.47. The summed E-state index contributed by atoms with van der Waals surface area (Å²) in [6.07, 6.45) is 0.805. The quantitative estimate of drug-likeness (QED) is 0.701. The molecule has 0 bridgehead atoms. The predicted octanol–water partition coefficient (Wildman–Crippen LogP) is 3.71. The number of carbonyl (C=O) groups excluding carboxylic acids is 2. The van der Waals surface area contributed by atoms with Gasteiger partial charge in [0, 0.05) is 29.4 Å². The lowest BCUT2D eigenvalue weighted by molar-refractivity contribution is -0.147. The van der Waals surface area contributed by atoms with Crippen molar-refractivity contribution < 1.29 is 19.1 Å². The number of hydrogen-bond donors (Lipinski definition) is 0. The van der Waals surface area contributed by atoms with Crippen LogP contribution in [0.5, 0.6) is 5.06 Å². The average Bonchev–Trinajstić information content (AvgIpc) is 2.97. The molecule has 0 radical (unpaired) electrons. The number of halogens is 1. The Morgan fingerprint density at radius 1 is 1.32 bits per heavy atom. The number of esters is 2. The van der Waals surface area contributed by atoms with E-state index in [4.69, 9.17) is 9.47 Å². The van der Waals surface area contributed by atoms with E-state index in [1.807, 2.05) is 30.3 Å². The highest BCUT2D eigenvalue weighted by molar-refractivity contribution is 9.10. The smallest absolute Gasteiger partial charge is 0.327 e. The summed E-state index contributed by atoms with van der Waals surface area (Å²) in [5, 5.41) is 0.606. The molecule has 2 aromatic rings. The van der Waals surface area contributed by atoms with Gasteiger partial charge in [0.05, 0.1) is 7.11 Å². The molecule has 1 aromatic carbocycles. The molecule has 0 saturated heterocycles. The van der Waals surface area contributed by atoms with Crippen LogP contribution >= 0.6 is 27.3 Å². The number of benzene rings is 1. The van der Waals surface area contributed by atoms with Gasteiger partial charge in [0.1, 0.15) is 6.04 Å². The van der Waals surface area contributed by atoms with Crippen molar-refractivity contribution in [1.82, 2.24) is 4.90 Å². The number of thiophene rings is 1. The van der Waals surface area contributed by atoms with E-state index in [1.165, 1.54) is 30.2 Å². The van der Waals surface area contributed by atoms with Crippen molar-refractivity contribution in [3.63, 3.8) is 0 Å². The Morgan fingerprint density at radius 3 is 2.76 bits per heavy atom. The Labute approximate surface area is 158 Å². The van der Waals surface area contributed by atoms with Crippen molar-refractivity contribution in [2.75, 3.05) is 13.7 Å². The Kier molecular flexibility index (Phi) is 5.56. The van der Waals surface area contributed by atoms with Gasteiger partial charge in [-0.2, -0.15) is 0 Å². The lowest BCUT2D eigenvalue weighted by atomic mass is 10.0. The number of hydrogen-bond acceptors (Lipinski definition) is 6. The first kappa shape index (κ1) is 18.1. The summed E-state index contributed by atoms with van der Waals surface area (Å²) < 4.78 is 11.1. The molecular formula is C18H18BrNO4S. The highest BCUT2D eigenvalue weighted by Crippen LogP contribution is 2.37. The zero-order valence-corrected chi connectivity index (χ0v) is 16.4. The van der Waals surface area contributed by atoms with Crippen molar-refractivity contribution in [2.45, 2.75) is 25.9 Å². The lowest BCUT2D eigenvalue weighted by Gasteiger charge is -2.33. The first-order chi connectivity index (χ1) is 12.0. The van der Waals surface area contributed by atoms with Crippen molar-refractivity contribution in [3.8, 4) is 5.06 Å². The van der Waals surface area contributed by atoms with E-state index in [0.29, 0.717) is 11.6 Å². The second kappa shape index (κ2) is 7.68. The van der Waals surface area contributed by atoms with Crippen LogP contribution in [0.25, 0.3) is 0 Å². The molecule has 132 valence electrons. The molecule has 2 heterocycles. The maximum Gasteiger partial charge on any atom is 0.327 e. The highest BCUT2D eigenvalue weighted by atomic mass is 79.9. The molecule has 0 N–H and O–H groups in total. The van der Waals surface area contributed by atoms with Crippen molar-refractivity contribution in [1.29, 1.82) is 0 Å². The van der Waals surface area contributed by atoms with E-state index in [-0.39, 0.29) is 11.9 Å². The third-order valence-electron chi connectivity index (χ3n) is 4.11. The summed E-state index contributed by atoms with van der Waals surface area (Å²) in [6.45, 7) is 2.73. The largest absolute Gasteiger partial charge is 0.468 e. The molecule has 0 spiro atoms. The third-order valence-corrected chi connectivity index (χ3v) is 5.94. The molecule has 0 amide bonds. The molecule has 25 heavy (non-hydrogen) atoms. The minimum absolute atomic E-state index is 0.286. The van der Waals surface area contributed by atoms with Crippen molar-refractivity contribution in [3.05, 3.63) is 50.8 Å². The summed E-state index contributed by atoms with van der Waals surface area (Å²) in [4.78, 5) is 26.9. The van der Waals surface area contributed by atoms with Crippen LogP contribution in [-0.2, 0) is 27.3 Å². The van der Waals surface area contributed by atoms with Crippen LogP contribution in [0, 0.1) is 0 Å². The molecule has 0 aliphatic carbocycles. The fraction of sp³-hybridized carbons (Fsp3) is 0.333. The van der Waals surface area contributed by atoms with E-state index < -0.39 is 6.04 Å². The topological polar surface area (TPSA) is 55.8 Å². The SMILES string of the molecule is COC(=O)[C@H](c1ccccc1Br)N1CCc2sc(OC(C)=O)cc2C1. The van der Waals surface area contributed by atoms with Crippen LogP contribution in [0.15, 0.2) is 34.8 Å². The van der Waals surface area contributed by atoms with E-state index >= 15 is 0 Å². The number of carbonyl (C=O) groups is 2. The van der Waals surface area contributed by atoms with Crippen molar-refractivity contribution >= 4 is 39.2 Å². The predicted molar refractivity (Wildman–Crippen MR) is 98.6 cm³/mol. The summed E-state index contributed by atoms with van der Waals surface area (Å²) in [7, 11) is 1.41. The number of fused-ring (bicyclic) bond motifs is 1. The minimum atomic E-state index is -0.481. The van der Waals surface area contributed by atoms with Gasteiger partial charge in [0.2, 0.25) is 0 Å². The van der Waals surface area contributed by atoms with Gasteiger partial charge in [-0.1, -0.05) is 34.1 Å². The molecule has 1 aliphatic rings. The van der Waals surface area contributed by atoms with E-state index in [0.717, 1.165) is 28.6 Å². The normalized spacial score (nSPS) is 15.3. The van der Waals surface area contributed by atoms with Crippen molar-refractivity contribution in [2.24, 2.45) is 0 Å². The Morgan fingerprint density at radius 2 is 2.08 bits per heavy atom. The highest BCUT2D eigenvalue weighted by Gasteiger charge is 2.33. The van der Waals surface area contributed by atoms with Gasteiger partial charge in [-0.15, -0.1) is 11.3 Å². The van der Waals surface area contributed by atoms with Crippen LogP contribution in [0.1, 0.15) is 29.0 Å². The fourth-order valence-electron chi connectivity index (χ4n) is 3.02. The second-order valence-electron chi connectivity index (χ2n) is 5.78. The monoisotopic (exact) mass is 423 g/mol. The van der Waals surface area contributed by atoms with Crippen LogP contribution < -0.4 is 4.74 Å². The number of nitrogens with zero attached hydrogens (tertiary/aromatic N) is 1. The average molecular weight is 424 g/mol. The molecule has 7 heteroatoms. The fourth-order valence-corrected chi connectivity index (χ4v) is 4.57. The zero-order valence-electron chi connectivity index (χ0n) is 14.0. The molecule has 1 aromatic heterocycles. The van der Waals surface area contributed by atoms with Crippen LogP contribution in [0.2, 0.25) is 0 Å². The van der Waals surface area contributed by atoms with Gasteiger partial charge in [-0.3, -0.25) is 9.69 Å². The van der Waals surface area contributed by atoms with E-state index in [9.17, 15) is 9.59 Å². The number of rotatable bonds is 4. The molecule has 1 aliphatic heterocycles. The maximum absolute atomic E-state index is 12.5. The third kappa shape index (κ3) is 3.94. The molecule has 5 nitrogen and oxygen atoms in total. The summed E-state index contributed by atoms with van der Waals surface area (Å²) in [5.41, 5.74) is 1.97. The van der Waals surface area contributed by atoms with E-state index in [1.54, 1.807) is 0 Å². The van der Waals surface area contributed by atoms with Crippen LogP contribution in [0.3, 0.4) is 0 Å². The summed E-state index contributed by atoms with van der Waals surface area (Å²) >= 11 is 5.03. The summed E-state index contributed by atoms with van der Waals surface area (Å²) in [6, 6.07) is 9.09. The Balaban J connectivity index is 1.89.